The van der Waals surface area contributed by atoms with E-state index >= 15 is 0 Å². The summed E-state index contributed by atoms with van der Waals surface area (Å²) >= 11 is 0. The van der Waals surface area contributed by atoms with Crippen LogP contribution in [0.5, 0.6) is 0 Å². The molecule has 0 aliphatic heterocycles. The Kier molecular flexibility index (Phi) is 3.67. The first-order valence-corrected chi connectivity index (χ1v) is 5.46. The summed E-state index contributed by atoms with van der Waals surface area (Å²) in [5.41, 5.74) is 4.41. The van der Waals surface area contributed by atoms with E-state index in [9.17, 15) is 8.78 Å². The van der Waals surface area contributed by atoms with E-state index in [1.54, 1.807) is 0 Å². The monoisotopic (exact) mass is 246 g/mol. The predicted octanol–water partition coefficient (Wildman–Crippen LogP) is 3.72. The minimum absolute atomic E-state index is 0.155. The molecule has 0 fully saturated rings. The van der Waals surface area contributed by atoms with Gasteiger partial charge in [0, 0.05) is 0 Å². The first-order chi connectivity index (χ1) is 8.66. The van der Waals surface area contributed by atoms with Gasteiger partial charge in [-0.2, -0.15) is 5.10 Å². The molecule has 1 N–H and O–H groups in total. The molecule has 18 heavy (non-hydrogen) atoms. The van der Waals surface area contributed by atoms with Gasteiger partial charge < -0.3 is 0 Å². The molecule has 92 valence electrons. The van der Waals surface area contributed by atoms with Crippen LogP contribution in [0, 0.1) is 18.6 Å². The molecule has 2 aromatic carbocycles. The van der Waals surface area contributed by atoms with Crippen LogP contribution in [0.2, 0.25) is 0 Å². The number of hydrogen-bond acceptors (Lipinski definition) is 2. The van der Waals surface area contributed by atoms with Gasteiger partial charge in [0.05, 0.1) is 17.5 Å². The van der Waals surface area contributed by atoms with Gasteiger partial charge in [-0.05, 0) is 36.8 Å². The van der Waals surface area contributed by atoms with Crippen molar-refractivity contribution in [2.24, 2.45) is 5.10 Å². The van der Waals surface area contributed by atoms with Crippen molar-refractivity contribution in [2.45, 2.75) is 6.92 Å². The summed E-state index contributed by atoms with van der Waals surface area (Å²) in [6.07, 6.45) is 1.13. The summed E-state index contributed by atoms with van der Waals surface area (Å²) in [6.45, 7) is 1.95. The third-order valence-electron chi connectivity index (χ3n) is 2.41. The van der Waals surface area contributed by atoms with E-state index in [0.717, 1.165) is 17.5 Å². The maximum Gasteiger partial charge on any atom is 0.134 e. The Balaban J connectivity index is 2.12. The summed E-state index contributed by atoms with van der Waals surface area (Å²) in [5.74, 6) is -1.27. The maximum absolute atomic E-state index is 13.3. The van der Waals surface area contributed by atoms with Crippen molar-refractivity contribution in [1.29, 1.82) is 0 Å². The third-order valence-corrected chi connectivity index (χ3v) is 2.41. The molecule has 2 nitrogen and oxygen atoms in total. The first kappa shape index (κ1) is 12.2. The summed E-state index contributed by atoms with van der Waals surface area (Å²) < 4.78 is 26.6. The van der Waals surface area contributed by atoms with Gasteiger partial charge in [0.2, 0.25) is 0 Å². The van der Waals surface area contributed by atoms with Crippen molar-refractivity contribution in [3.8, 4) is 0 Å². The summed E-state index contributed by atoms with van der Waals surface area (Å²) in [6, 6.07) is 11.2. The van der Waals surface area contributed by atoms with E-state index in [0.29, 0.717) is 0 Å². The molecule has 0 aliphatic carbocycles. The Bertz CT molecular complexity index is 560. The fourth-order valence-electron chi connectivity index (χ4n) is 1.52. The van der Waals surface area contributed by atoms with Crippen LogP contribution in [0.15, 0.2) is 47.6 Å². The number of hydrazone groups is 1. The molecule has 2 aromatic rings. The second kappa shape index (κ2) is 5.40. The van der Waals surface area contributed by atoms with Gasteiger partial charge in [0.25, 0.3) is 0 Å². The van der Waals surface area contributed by atoms with Gasteiger partial charge in [-0.15, -0.1) is 0 Å². The second-order valence-electron chi connectivity index (χ2n) is 3.87. The minimum Gasteiger partial charge on any atom is -0.278 e. The van der Waals surface area contributed by atoms with Gasteiger partial charge in [-0.3, -0.25) is 5.43 Å². The average molecular weight is 246 g/mol. The zero-order chi connectivity index (χ0) is 13.0. The molecular formula is C14H12F2N2. The van der Waals surface area contributed by atoms with Crippen molar-refractivity contribution < 1.29 is 8.78 Å². The van der Waals surface area contributed by atoms with Crippen LogP contribution in [0.3, 0.4) is 0 Å². The fraction of sp³-hybridized carbons (Fsp3) is 0.0714. The Morgan fingerprint density at radius 1 is 1.06 bits per heavy atom. The molecule has 2 rings (SSSR count). The third kappa shape index (κ3) is 2.91. The van der Waals surface area contributed by atoms with Crippen LogP contribution in [-0.4, -0.2) is 6.21 Å². The number of aryl methyl sites for hydroxylation is 1. The van der Waals surface area contributed by atoms with Gasteiger partial charge >= 0.3 is 0 Å². The van der Waals surface area contributed by atoms with Crippen molar-refractivity contribution >= 4 is 11.9 Å². The molecule has 0 radical (unpaired) electrons. The number of rotatable bonds is 3. The Morgan fingerprint density at radius 3 is 2.39 bits per heavy atom. The van der Waals surface area contributed by atoms with E-state index in [4.69, 9.17) is 0 Å². The Morgan fingerprint density at radius 2 is 1.72 bits per heavy atom. The maximum atomic E-state index is 13.3. The number of nitrogens with zero attached hydrogens (tertiary/aromatic N) is 1. The average Bonchev–Trinajstić information content (AvgIpc) is 2.33. The molecule has 0 unspecified atom stereocenters. The Hall–Kier alpha value is -2.23. The van der Waals surface area contributed by atoms with E-state index in [-0.39, 0.29) is 5.56 Å². The van der Waals surface area contributed by atoms with Crippen molar-refractivity contribution in [2.75, 3.05) is 5.43 Å². The highest BCUT2D eigenvalue weighted by Crippen LogP contribution is 2.11. The molecule has 0 amide bonds. The highest BCUT2D eigenvalue weighted by Gasteiger charge is 2.04. The molecule has 0 aliphatic rings. The zero-order valence-electron chi connectivity index (χ0n) is 9.82. The van der Waals surface area contributed by atoms with Crippen molar-refractivity contribution in [1.82, 2.24) is 0 Å². The van der Waals surface area contributed by atoms with E-state index in [2.05, 4.69) is 10.5 Å². The summed E-state index contributed by atoms with van der Waals surface area (Å²) in [7, 11) is 0. The van der Waals surface area contributed by atoms with Gasteiger partial charge in [-0.25, -0.2) is 8.78 Å². The minimum atomic E-state index is -0.634. The van der Waals surface area contributed by atoms with Crippen molar-refractivity contribution in [3.05, 3.63) is 65.2 Å². The second-order valence-corrected chi connectivity index (χ2v) is 3.87. The van der Waals surface area contributed by atoms with E-state index < -0.39 is 11.6 Å². The molecule has 0 saturated heterocycles. The smallest absolute Gasteiger partial charge is 0.134 e. The molecule has 0 heterocycles. The van der Waals surface area contributed by atoms with Crippen LogP contribution in [-0.2, 0) is 0 Å². The van der Waals surface area contributed by atoms with Crippen LogP contribution < -0.4 is 5.43 Å². The molecule has 0 aromatic heterocycles. The van der Waals surface area contributed by atoms with Gasteiger partial charge in [0.1, 0.15) is 11.6 Å². The summed E-state index contributed by atoms with van der Waals surface area (Å²) in [5, 5.41) is 3.82. The van der Waals surface area contributed by atoms with E-state index in [1.165, 1.54) is 18.2 Å². The molecule has 0 atom stereocenters. The number of hydrogen-bond donors (Lipinski definition) is 1. The lowest BCUT2D eigenvalue weighted by atomic mass is 10.2. The van der Waals surface area contributed by atoms with Crippen LogP contribution >= 0.6 is 0 Å². The number of benzene rings is 2. The van der Waals surface area contributed by atoms with Crippen molar-refractivity contribution in [3.63, 3.8) is 0 Å². The normalized spacial score (nSPS) is 10.8. The number of halogens is 2. The van der Waals surface area contributed by atoms with Gasteiger partial charge in [-0.1, -0.05) is 18.2 Å². The molecule has 0 bridgehead atoms. The number of anilines is 1. The Labute approximate surface area is 104 Å². The summed E-state index contributed by atoms with van der Waals surface area (Å²) in [4.78, 5) is 0. The van der Waals surface area contributed by atoms with Crippen LogP contribution in [0.4, 0.5) is 14.5 Å². The lowest BCUT2D eigenvalue weighted by molar-refractivity contribution is 0.580. The predicted molar refractivity (Wildman–Crippen MR) is 68.8 cm³/mol. The molecule has 0 spiro atoms. The zero-order valence-corrected chi connectivity index (χ0v) is 9.82. The molecular weight excluding hydrogens is 234 g/mol. The topological polar surface area (TPSA) is 24.4 Å². The van der Waals surface area contributed by atoms with Crippen LogP contribution in [0.25, 0.3) is 0 Å². The van der Waals surface area contributed by atoms with E-state index in [1.807, 2.05) is 31.2 Å². The lowest BCUT2D eigenvalue weighted by Crippen LogP contribution is -1.96. The highest BCUT2D eigenvalue weighted by molar-refractivity contribution is 5.80. The molecule has 4 heteroatoms. The largest absolute Gasteiger partial charge is 0.278 e. The lowest BCUT2D eigenvalue weighted by Gasteiger charge is -2.01. The number of nitrogens with one attached hydrogen (secondary N) is 1. The highest BCUT2D eigenvalue weighted by atomic mass is 19.1. The first-order valence-electron chi connectivity index (χ1n) is 5.46. The standard InChI is InChI=1S/C14H12F2N2/c1-10-4-2-5-11(8-10)18-17-9-12-13(15)6-3-7-14(12)16/h2-9,18H,1H3/b17-9-. The molecule has 0 saturated carbocycles. The van der Waals surface area contributed by atoms with Gasteiger partial charge in [0.15, 0.2) is 0 Å². The van der Waals surface area contributed by atoms with Crippen LogP contribution in [0.1, 0.15) is 11.1 Å². The quantitative estimate of drug-likeness (QED) is 0.647. The SMILES string of the molecule is Cc1cccc(N/N=C\c2c(F)cccc2F)c1. The fourth-order valence-corrected chi connectivity index (χ4v) is 1.52.